The minimum Gasteiger partial charge on any atom is -0.342 e. The third-order valence-electron chi connectivity index (χ3n) is 7.35. The lowest BCUT2D eigenvalue weighted by Crippen LogP contribution is -2.48. The molecule has 32 heavy (non-hydrogen) atoms. The smallest absolute Gasteiger partial charge is 0.342 e. The normalized spacial score (nSPS) is 21.0. The van der Waals surface area contributed by atoms with Crippen molar-refractivity contribution < 1.29 is 13.2 Å². The second-order valence-corrected chi connectivity index (χ2v) is 8.97. The number of anilines is 1. The van der Waals surface area contributed by atoms with Crippen LogP contribution in [0.1, 0.15) is 43.5 Å². The number of halogens is 3. The number of imidazole rings is 1. The Kier molecular flexibility index (Phi) is 5.11. The summed E-state index contributed by atoms with van der Waals surface area (Å²) in [5.41, 5.74) is 0.798. The Hall–Kier alpha value is -2.68. The maximum absolute atomic E-state index is 13.6. The van der Waals surface area contributed by atoms with Gasteiger partial charge in [0.25, 0.3) is 0 Å². The van der Waals surface area contributed by atoms with Gasteiger partial charge in [0.2, 0.25) is 5.95 Å². The molecule has 2 fully saturated rings. The predicted molar refractivity (Wildman–Crippen MR) is 117 cm³/mol. The van der Waals surface area contributed by atoms with E-state index in [1.807, 2.05) is 4.40 Å². The van der Waals surface area contributed by atoms with E-state index in [0.717, 1.165) is 38.1 Å². The lowest BCUT2D eigenvalue weighted by molar-refractivity contribution is -0.140. The molecule has 1 N–H and O–H groups in total. The molecular formula is C23H27F3N6. The van der Waals surface area contributed by atoms with Gasteiger partial charge >= 0.3 is 6.18 Å². The van der Waals surface area contributed by atoms with E-state index in [2.05, 4.69) is 27.2 Å². The molecule has 3 aromatic rings. The molecule has 170 valence electrons. The van der Waals surface area contributed by atoms with E-state index in [-0.39, 0.29) is 5.56 Å². The Bertz CT molecular complexity index is 1130. The van der Waals surface area contributed by atoms with E-state index in [1.54, 1.807) is 19.3 Å². The van der Waals surface area contributed by atoms with Gasteiger partial charge in [-0.15, -0.1) is 0 Å². The second-order valence-electron chi connectivity index (χ2n) is 8.97. The standard InChI is InChI=1S/C23H27F3N6/c1-15-18(16-5-4-10-28-19(16)23(24,25)26)20-29-11-14-32(20)21(30-15)31-12-8-22(9-13-31)7-3-6-17(22)27-2/h4-5,10-11,14,17,27H,3,6-9,12-13H2,1-2H3/t17-/m1/s1. The van der Waals surface area contributed by atoms with Gasteiger partial charge in [0.1, 0.15) is 5.65 Å². The Morgan fingerprint density at radius 1 is 1.12 bits per heavy atom. The van der Waals surface area contributed by atoms with Crippen LogP contribution in [0, 0.1) is 12.3 Å². The number of fused-ring (bicyclic) bond motifs is 1. The van der Waals surface area contributed by atoms with Gasteiger partial charge in [0, 0.05) is 48.8 Å². The molecular weight excluding hydrogens is 417 g/mol. The quantitative estimate of drug-likeness (QED) is 0.646. The first-order valence-electron chi connectivity index (χ1n) is 11.1. The van der Waals surface area contributed by atoms with Crippen molar-refractivity contribution >= 4 is 11.6 Å². The topological polar surface area (TPSA) is 58.3 Å². The highest BCUT2D eigenvalue weighted by Gasteiger charge is 2.44. The molecule has 0 amide bonds. The van der Waals surface area contributed by atoms with Gasteiger partial charge in [-0.1, -0.05) is 12.5 Å². The van der Waals surface area contributed by atoms with Crippen LogP contribution in [-0.2, 0) is 6.18 Å². The van der Waals surface area contributed by atoms with E-state index in [1.165, 1.54) is 31.4 Å². The minimum atomic E-state index is -4.56. The molecule has 4 heterocycles. The molecule has 6 nitrogen and oxygen atoms in total. The number of aromatic nitrogens is 4. The summed E-state index contributed by atoms with van der Waals surface area (Å²) in [7, 11) is 2.05. The van der Waals surface area contributed by atoms with Gasteiger partial charge in [0.15, 0.2) is 5.69 Å². The molecule has 0 unspecified atom stereocenters. The van der Waals surface area contributed by atoms with E-state index in [4.69, 9.17) is 4.98 Å². The Balaban J connectivity index is 1.54. The zero-order valence-corrected chi connectivity index (χ0v) is 18.3. The lowest BCUT2D eigenvalue weighted by Gasteiger charge is -2.43. The van der Waals surface area contributed by atoms with Crippen molar-refractivity contribution in [3.8, 4) is 11.1 Å². The van der Waals surface area contributed by atoms with Crippen molar-refractivity contribution in [3.05, 3.63) is 42.1 Å². The number of rotatable bonds is 3. The summed E-state index contributed by atoms with van der Waals surface area (Å²) >= 11 is 0. The van der Waals surface area contributed by atoms with Crippen molar-refractivity contribution in [1.29, 1.82) is 0 Å². The van der Waals surface area contributed by atoms with Crippen LogP contribution >= 0.6 is 0 Å². The molecule has 1 aliphatic heterocycles. The Labute approximate surface area is 184 Å². The van der Waals surface area contributed by atoms with Crippen molar-refractivity contribution in [2.45, 2.75) is 51.2 Å². The molecule has 0 bridgehead atoms. The van der Waals surface area contributed by atoms with Crippen LogP contribution in [0.15, 0.2) is 30.7 Å². The monoisotopic (exact) mass is 444 g/mol. The summed E-state index contributed by atoms with van der Waals surface area (Å²) in [6, 6.07) is 3.51. The summed E-state index contributed by atoms with van der Waals surface area (Å²) < 4.78 is 42.7. The molecule has 9 heteroatoms. The Morgan fingerprint density at radius 2 is 1.91 bits per heavy atom. The molecule has 2 aliphatic rings. The maximum Gasteiger partial charge on any atom is 0.433 e. The van der Waals surface area contributed by atoms with Crippen LogP contribution in [0.25, 0.3) is 16.8 Å². The van der Waals surface area contributed by atoms with Gasteiger partial charge < -0.3 is 10.2 Å². The fourth-order valence-corrected chi connectivity index (χ4v) is 5.78. The largest absolute Gasteiger partial charge is 0.433 e. The SMILES string of the molecule is CN[C@@H]1CCCC12CCN(c1nc(C)c(-c3cccnc3C(F)(F)F)c3nccn13)CC2. The summed E-state index contributed by atoms with van der Waals surface area (Å²) in [6.07, 6.45) is 5.90. The maximum atomic E-state index is 13.6. The Morgan fingerprint density at radius 3 is 2.62 bits per heavy atom. The number of hydrogen-bond acceptors (Lipinski definition) is 5. The van der Waals surface area contributed by atoms with E-state index in [9.17, 15) is 13.2 Å². The predicted octanol–water partition coefficient (Wildman–Crippen LogP) is 4.48. The summed E-state index contributed by atoms with van der Waals surface area (Å²) in [5, 5.41) is 3.51. The summed E-state index contributed by atoms with van der Waals surface area (Å²) in [6.45, 7) is 3.50. The molecule has 1 atom stereocenters. The first-order valence-corrected chi connectivity index (χ1v) is 11.1. The van der Waals surface area contributed by atoms with Gasteiger partial charge in [-0.2, -0.15) is 13.2 Å². The summed E-state index contributed by atoms with van der Waals surface area (Å²) in [4.78, 5) is 15.1. The van der Waals surface area contributed by atoms with Crippen molar-refractivity contribution in [3.63, 3.8) is 0 Å². The van der Waals surface area contributed by atoms with Crippen LogP contribution < -0.4 is 10.2 Å². The molecule has 1 aliphatic carbocycles. The van der Waals surface area contributed by atoms with E-state index < -0.39 is 11.9 Å². The van der Waals surface area contributed by atoms with Crippen LogP contribution in [0.2, 0.25) is 0 Å². The average molecular weight is 445 g/mol. The first kappa shape index (κ1) is 21.2. The third-order valence-corrected chi connectivity index (χ3v) is 7.35. The third kappa shape index (κ3) is 3.34. The number of aryl methyl sites for hydroxylation is 1. The zero-order chi connectivity index (χ0) is 22.5. The molecule has 0 radical (unpaired) electrons. The van der Waals surface area contributed by atoms with Crippen molar-refractivity contribution in [2.75, 3.05) is 25.0 Å². The van der Waals surface area contributed by atoms with Gasteiger partial charge in [-0.25, -0.2) is 9.97 Å². The van der Waals surface area contributed by atoms with Crippen LogP contribution in [0.4, 0.5) is 19.1 Å². The zero-order valence-electron chi connectivity index (χ0n) is 18.3. The molecule has 1 spiro atoms. The van der Waals surface area contributed by atoms with Crippen LogP contribution in [0.3, 0.4) is 0 Å². The van der Waals surface area contributed by atoms with Crippen molar-refractivity contribution in [2.24, 2.45) is 5.41 Å². The number of hydrogen-bond donors (Lipinski definition) is 1. The van der Waals surface area contributed by atoms with Crippen LogP contribution in [0.5, 0.6) is 0 Å². The number of nitrogens with zero attached hydrogens (tertiary/aromatic N) is 5. The number of nitrogens with one attached hydrogen (secondary N) is 1. The fraction of sp³-hybridized carbons (Fsp3) is 0.522. The second kappa shape index (κ2) is 7.72. The van der Waals surface area contributed by atoms with Crippen LogP contribution in [-0.4, -0.2) is 45.5 Å². The van der Waals surface area contributed by atoms with Gasteiger partial charge in [-0.05, 0) is 51.1 Å². The van der Waals surface area contributed by atoms with Crippen molar-refractivity contribution in [1.82, 2.24) is 24.7 Å². The highest BCUT2D eigenvalue weighted by molar-refractivity contribution is 5.82. The fourth-order valence-electron chi connectivity index (χ4n) is 5.78. The molecule has 5 rings (SSSR count). The number of alkyl halides is 3. The number of piperidine rings is 1. The highest BCUT2D eigenvalue weighted by atomic mass is 19.4. The van der Waals surface area contributed by atoms with Gasteiger partial charge in [-0.3, -0.25) is 9.38 Å². The van der Waals surface area contributed by atoms with E-state index >= 15 is 0 Å². The summed E-state index contributed by atoms with van der Waals surface area (Å²) in [5.74, 6) is 0.741. The molecule has 3 aromatic heterocycles. The molecule has 1 saturated carbocycles. The minimum absolute atomic E-state index is 0.00756. The lowest BCUT2D eigenvalue weighted by atomic mass is 9.74. The van der Waals surface area contributed by atoms with E-state index in [0.29, 0.717) is 28.4 Å². The van der Waals surface area contributed by atoms with Gasteiger partial charge in [0.05, 0.1) is 5.69 Å². The number of pyridine rings is 1. The molecule has 1 saturated heterocycles. The molecule has 0 aromatic carbocycles. The average Bonchev–Trinajstić information content (AvgIpc) is 3.40. The highest BCUT2D eigenvalue weighted by Crippen LogP contribution is 2.47. The first-order chi connectivity index (χ1) is 15.3.